The van der Waals surface area contributed by atoms with Crippen LogP contribution in [0.1, 0.15) is 5.56 Å². The van der Waals surface area contributed by atoms with Crippen LogP contribution in [0.3, 0.4) is 0 Å². The lowest BCUT2D eigenvalue weighted by Gasteiger charge is -2.34. The molecule has 4 aromatic rings. The van der Waals surface area contributed by atoms with Crippen LogP contribution in [0.5, 0.6) is 0 Å². The molecule has 0 bridgehead atoms. The number of sulfone groups is 1. The van der Waals surface area contributed by atoms with Gasteiger partial charge in [0.05, 0.1) is 17.6 Å². The smallest absolute Gasteiger partial charge is 0.246 e. The van der Waals surface area contributed by atoms with Crippen molar-refractivity contribution in [1.29, 1.82) is 0 Å². The van der Waals surface area contributed by atoms with Gasteiger partial charge in [-0.05, 0) is 23.8 Å². The average molecular weight is 545 g/mol. The number of hydrogen-bond acceptors (Lipinski definition) is 7. The summed E-state index contributed by atoms with van der Waals surface area (Å²) in [6.07, 6.45) is 9.51. The zero-order chi connectivity index (χ0) is 27.4. The van der Waals surface area contributed by atoms with Gasteiger partial charge in [0, 0.05) is 56.5 Å². The zero-order valence-electron chi connectivity index (χ0n) is 21.4. The fourth-order valence-electron chi connectivity index (χ4n) is 4.42. The lowest BCUT2D eigenvalue weighted by atomic mass is 10.1. The van der Waals surface area contributed by atoms with Crippen molar-refractivity contribution in [1.82, 2.24) is 24.2 Å². The van der Waals surface area contributed by atoms with Crippen LogP contribution >= 0.6 is 0 Å². The highest BCUT2D eigenvalue weighted by atomic mass is 32.2. The number of carbonyl (C=O) groups is 2. The molecule has 5 rings (SSSR count). The molecule has 0 atom stereocenters. The van der Waals surface area contributed by atoms with E-state index in [4.69, 9.17) is 0 Å². The first-order valence-electron chi connectivity index (χ1n) is 12.5. The predicted molar refractivity (Wildman–Crippen MR) is 149 cm³/mol. The van der Waals surface area contributed by atoms with Crippen molar-refractivity contribution < 1.29 is 18.0 Å². The summed E-state index contributed by atoms with van der Waals surface area (Å²) < 4.78 is 25.5. The van der Waals surface area contributed by atoms with E-state index in [1.165, 1.54) is 12.1 Å². The molecule has 1 aliphatic heterocycles. The van der Waals surface area contributed by atoms with Crippen LogP contribution in [0.25, 0.3) is 23.0 Å². The number of carbonyl (C=O) groups excluding carboxylic acids is 2. The standard InChI is InChI=1S/C28H28N6O4S/c1-39(37,38)23-10-8-22(9-11-23)27-28(34-14-13-29-19-24(34)31-27)30-20-26(36)33-17-15-32(16-18-33)25(35)12-7-21-5-3-2-4-6-21/h2-14,19,30H,15-18,20H2,1H3/b12-7+. The number of amides is 2. The molecule has 0 aliphatic carbocycles. The number of imidazole rings is 1. The number of nitrogens with one attached hydrogen (secondary N) is 1. The van der Waals surface area contributed by atoms with Crippen LogP contribution in [0.2, 0.25) is 0 Å². The summed E-state index contributed by atoms with van der Waals surface area (Å²) in [5.41, 5.74) is 2.83. The van der Waals surface area contributed by atoms with Crippen LogP contribution in [0.4, 0.5) is 5.82 Å². The summed E-state index contributed by atoms with van der Waals surface area (Å²) in [4.78, 5) is 38.1. The molecule has 1 fully saturated rings. The van der Waals surface area contributed by atoms with Crippen molar-refractivity contribution in [3.05, 3.63) is 84.8 Å². The quantitative estimate of drug-likeness (QED) is 0.356. The van der Waals surface area contributed by atoms with Gasteiger partial charge in [0.2, 0.25) is 11.8 Å². The number of benzene rings is 2. The van der Waals surface area contributed by atoms with Crippen LogP contribution in [0, 0.1) is 0 Å². The van der Waals surface area contributed by atoms with E-state index in [0.717, 1.165) is 11.8 Å². The number of hydrogen-bond donors (Lipinski definition) is 1. The topological polar surface area (TPSA) is 117 Å². The number of anilines is 1. The fraction of sp³-hybridized carbons (Fsp3) is 0.214. The summed E-state index contributed by atoms with van der Waals surface area (Å²) in [6.45, 7) is 1.85. The molecule has 0 saturated carbocycles. The van der Waals surface area contributed by atoms with E-state index in [2.05, 4.69) is 15.3 Å². The number of fused-ring (bicyclic) bond motifs is 1. The summed E-state index contributed by atoms with van der Waals surface area (Å²) in [6, 6.07) is 16.1. The van der Waals surface area contributed by atoms with Gasteiger partial charge in [-0.25, -0.2) is 13.4 Å². The average Bonchev–Trinajstić information content (AvgIpc) is 3.33. The molecule has 11 heteroatoms. The van der Waals surface area contributed by atoms with E-state index >= 15 is 0 Å². The highest BCUT2D eigenvalue weighted by Gasteiger charge is 2.24. The first-order valence-corrected chi connectivity index (χ1v) is 14.3. The van der Waals surface area contributed by atoms with E-state index in [0.29, 0.717) is 48.9 Å². The molecule has 0 radical (unpaired) electrons. The summed E-state index contributed by atoms with van der Waals surface area (Å²) in [5, 5.41) is 3.22. The van der Waals surface area contributed by atoms with Gasteiger partial charge in [-0.1, -0.05) is 42.5 Å². The zero-order valence-corrected chi connectivity index (χ0v) is 22.2. The van der Waals surface area contributed by atoms with E-state index in [1.54, 1.807) is 57.1 Å². The lowest BCUT2D eigenvalue weighted by molar-refractivity contribution is -0.135. The third kappa shape index (κ3) is 5.99. The summed E-state index contributed by atoms with van der Waals surface area (Å²) in [5.74, 6) is 0.437. The Balaban J connectivity index is 1.24. The highest BCUT2D eigenvalue weighted by molar-refractivity contribution is 7.90. The SMILES string of the molecule is CS(=O)(=O)c1ccc(-c2nc3cnccn3c2NCC(=O)N2CCN(C(=O)/C=C/c3ccccc3)CC2)cc1. The van der Waals surface area contributed by atoms with E-state index in [9.17, 15) is 18.0 Å². The molecule has 2 aromatic heterocycles. The first-order chi connectivity index (χ1) is 18.8. The van der Waals surface area contributed by atoms with Gasteiger partial charge < -0.3 is 15.1 Å². The Kier molecular flexibility index (Phi) is 7.42. The molecular formula is C28H28N6O4S. The monoisotopic (exact) mass is 544 g/mol. The van der Waals surface area contributed by atoms with Gasteiger partial charge in [-0.2, -0.15) is 0 Å². The molecule has 1 aliphatic rings. The van der Waals surface area contributed by atoms with Crippen molar-refractivity contribution in [3.8, 4) is 11.3 Å². The molecule has 39 heavy (non-hydrogen) atoms. The van der Waals surface area contributed by atoms with Crippen LogP contribution in [-0.4, -0.2) is 83.4 Å². The third-order valence-electron chi connectivity index (χ3n) is 6.56. The fourth-order valence-corrected chi connectivity index (χ4v) is 5.05. The predicted octanol–water partition coefficient (Wildman–Crippen LogP) is 2.60. The minimum atomic E-state index is -3.33. The number of aromatic nitrogens is 3. The Bertz CT molecular complexity index is 1620. The largest absolute Gasteiger partial charge is 0.360 e. The van der Waals surface area contributed by atoms with Gasteiger partial charge in [-0.15, -0.1) is 0 Å². The highest BCUT2D eigenvalue weighted by Crippen LogP contribution is 2.29. The maximum absolute atomic E-state index is 13.1. The Hall–Kier alpha value is -4.51. The second-order valence-electron chi connectivity index (χ2n) is 9.21. The maximum Gasteiger partial charge on any atom is 0.246 e. The van der Waals surface area contributed by atoms with Gasteiger partial charge in [-0.3, -0.25) is 19.0 Å². The van der Waals surface area contributed by atoms with Crippen molar-refractivity contribution in [2.75, 3.05) is 44.3 Å². The molecule has 1 N–H and O–H groups in total. The summed E-state index contributed by atoms with van der Waals surface area (Å²) in [7, 11) is -3.33. The normalized spacial score (nSPS) is 14.2. The van der Waals surface area contributed by atoms with Crippen LogP contribution in [0.15, 0.2) is 84.2 Å². The Morgan fingerprint density at radius 2 is 1.67 bits per heavy atom. The molecule has 0 spiro atoms. The molecule has 1 saturated heterocycles. The van der Waals surface area contributed by atoms with Crippen LogP contribution < -0.4 is 5.32 Å². The van der Waals surface area contributed by atoms with E-state index in [-0.39, 0.29) is 23.3 Å². The van der Waals surface area contributed by atoms with Crippen molar-refractivity contribution in [2.45, 2.75) is 4.90 Å². The Labute approximate surface area is 226 Å². The molecule has 200 valence electrons. The van der Waals surface area contributed by atoms with Gasteiger partial charge in [0.1, 0.15) is 11.5 Å². The minimum absolute atomic E-state index is 0.0341. The third-order valence-corrected chi connectivity index (χ3v) is 7.68. The van der Waals surface area contributed by atoms with Crippen molar-refractivity contribution in [3.63, 3.8) is 0 Å². The van der Waals surface area contributed by atoms with Crippen molar-refractivity contribution >= 4 is 39.2 Å². The molecule has 10 nitrogen and oxygen atoms in total. The van der Waals surface area contributed by atoms with E-state index < -0.39 is 9.84 Å². The maximum atomic E-state index is 13.1. The second kappa shape index (κ2) is 11.1. The molecule has 0 unspecified atom stereocenters. The Morgan fingerprint density at radius 3 is 2.36 bits per heavy atom. The summed E-state index contributed by atoms with van der Waals surface area (Å²) >= 11 is 0. The Morgan fingerprint density at radius 1 is 0.974 bits per heavy atom. The minimum Gasteiger partial charge on any atom is -0.360 e. The lowest BCUT2D eigenvalue weighted by Crippen LogP contribution is -2.51. The molecule has 3 heterocycles. The van der Waals surface area contributed by atoms with E-state index in [1.807, 2.05) is 30.3 Å². The number of rotatable bonds is 7. The van der Waals surface area contributed by atoms with Crippen LogP contribution in [-0.2, 0) is 19.4 Å². The second-order valence-corrected chi connectivity index (χ2v) is 11.2. The molecule has 2 amide bonds. The molecule has 2 aromatic carbocycles. The van der Waals surface area contributed by atoms with Gasteiger partial charge in [0.15, 0.2) is 15.5 Å². The van der Waals surface area contributed by atoms with Gasteiger partial charge >= 0.3 is 0 Å². The number of nitrogens with zero attached hydrogens (tertiary/aromatic N) is 5. The number of piperazine rings is 1. The van der Waals surface area contributed by atoms with Crippen molar-refractivity contribution in [2.24, 2.45) is 0 Å². The van der Waals surface area contributed by atoms with Gasteiger partial charge in [0.25, 0.3) is 0 Å². The first kappa shape index (κ1) is 26.1. The molecular weight excluding hydrogens is 516 g/mol.